The molecule has 0 saturated carbocycles. The maximum atomic E-state index is 5.87. The Morgan fingerprint density at radius 3 is 2.77 bits per heavy atom. The molecule has 0 heterocycles. The van der Waals surface area contributed by atoms with Crippen molar-refractivity contribution in [3.8, 4) is 5.75 Å². The van der Waals surface area contributed by atoms with Crippen molar-refractivity contribution in [2.24, 2.45) is 0 Å². The number of thiol groups is 1. The zero-order valence-corrected chi connectivity index (χ0v) is 9.37. The van der Waals surface area contributed by atoms with Gasteiger partial charge in [0.25, 0.3) is 0 Å². The van der Waals surface area contributed by atoms with Crippen LogP contribution in [-0.4, -0.2) is 12.4 Å². The predicted molar refractivity (Wildman–Crippen MR) is 60.4 cm³/mol. The monoisotopic (exact) mass is 236 g/mol. The fourth-order valence-electron chi connectivity index (χ4n) is 0.834. The third-order valence-corrected chi connectivity index (χ3v) is 2.32. The van der Waals surface area contributed by atoms with Gasteiger partial charge in [-0.15, -0.1) is 0 Å². The van der Waals surface area contributed by atoms with Crippen LogP contribution in [0.25, 0.3) is 0 Å². The Kier molecular flexibility index (Phi) is 4.78. The Hall–Kier alpha value is -0.0500. The minimum Gasteiger partial charge on any atom is -0.492 e. The van der Waals surface area contributed by atoms with Crippen LogP contribution in [0.1, 0.15) is 6.42 Å². The molecule has 0 saturated heterocycles. The van der Waals surface area contributed by atoms with Crippen molar-refractivity contribution in [2.45, 2.75) is 6.42 Å². The molecule has 0 atom stereocenters. The zero-order valence-electron chi connectivity index (χ0n) is 6.96. The second-order valence-electron chi connectivity index (χ2n) is 2.50. The lowest BCUT2D eigenvalue weighted by molar-refractivity contribution is 0.319. The normalized spacial score (nSPS) is 10.1. The number of hydrogen-bond donors (Lipinski definition) is 1. The summed E-state index contributed by atoms with van der Waals surface area (Å²) >= 11 is 15.7. The maximum Gasteiger partial charge on any atom is 0.139 e. The van der Waals surface area contributed by atoms with Gasteiger partial charge in [0.2, 0.25) is 0 Å². The van der Waals surface area contributed by atoms with Gasteiger partial charge in [-0.25, -0.2) is 0 Å². The molecule has 1 nitrogen and oxygen atoms in total. The van der Waals surface area contributed by atoms with E-state index in [0.29, 0.717) is 22.4 Å². The first-order valence-corrected chi connectivity index (χ1v) is 5.31. The van der Waals surface area contributed by atoms with Crippen molar-refractivity contribution in [2.75, 3.05) is 12.4 Å². The molecule has 0 aliphatic rings. The molecule has 0 unspecified atom stereocenters. The fourth-order valence-corrected chi connectivity index (χ4v) is 1.30. The van der Waals surface area contributed by atoms with E-state index in [1.165, 1.54) is 0 Å². The van der Waals surface area contributed by atoms with Gasteiger partial charge in [-0.1, -0.05) is 23.2 Å². The van der Waals surface area contributed by atoms with Gasteiger partial charge in [0.1, 0.15) is 5.75 Å². The molecule has 13 heavy (non-hydrogen) atoms. The van der Waals surface area contributed by atoms with Gasteiger partial charge in [-0.3, -0.25) is 0 Å². The lowest BCUT2D eigenvalue weighted by Crippen LogP contribution is -1.98. The molecule has 0 aliphatic heterocycles. The van der Waals surface area contributed by atoms with Crippen molar-refractivity contribution in [1.29, 1.82) is 0 Å². The first-order valence-electron chi connectivity index (χ1n) is 3.93. The van der Waals surface area contributed by atoms with E-state index >= 15 is 0 Å². The van der Waals surface area contributed by atoms with Gasteiger partial charge >= 0.3 is 0 Å². The Morgan fingerprint density at radius 1 is 1.31 bits per heavy atom. The summed E-state index contributed by atoms with van der Waals surface area (Å²) in [6, 6.07) is 5.16. The van der Waals surface area contributed by atoms with Crippen LogP contribution in [0.2, 0.25) is 10.0 Å². The molecular weight excluding hydrogens is 227 g/mol. The van der Waals surface area contributed by atoms with Crippen LogP contribution in [-0.2, 0) is 0 Å². The van der Waals surface area contributed by atoms with Crippen LogP contribution in [0, 0.1) is 0 Å². The molecule has 0 aromatic heterocycles. The van der Waals surface area contributed by atoms with Crippen LogP contribution >= 0.6 is 35.8 Å². The van der Waals surface area contributed by atoms with Gasteiger partial charge in [0.05, 0.1) is 11.6 Å². The molecule has 0 bridgehead atoms. The van der Waals surface area contributed by atoms with E-state index in [-0.39, 0.29) is 0 Å². The van der Waals surface area contributed by atoms with Crippen molar-refractivity contribution in [3.05, 3.63) is 28.2 Å². The summed E-state index contributed by atoms with van der Waals surface area (Å²) in [5.74, 6) is 1.44. The summed E-state index contributed by atoms with van der Waals surface area (Å²) in [6.07, 6.45) is 0.895. The highest BCUT2D eigenvalue weighted by Crippen LogP contribution is 2.27. The van der Waals surface area contributed by atoms with E-state index in [9.17, 15) is 0 Å². The van der Waals surface area contributed by atoms with E-state index in [1.54, 1.807) is 18.2 Å². The molecule has 4 heteroatoms. The van der Waals surface area contributed by atoms with Crippen LogP contribution < -0.4 is 4.74 Å². The molecule has 1 aromatic carbocycles. The number of ether oxygens (including phenoxy) is 1. The molecule has 0 amide bonds. The minimum absolute atomic E-state index is 0.587. The third-order valence-electron chi connectivity index (χ3n) is 1.45. The molecule has 0 spiro atoms. The Bertz CT molecular complexity index is 278. The van der Waals surface area contributed by atoms with E-state index in [2.05, 4.69) is 12.6 Å². The van der Waals surface area contributed by atoms with E-state index < -0.39 is 0 Å². The van der Waals surface area contributed by atoms with Gasteiger partial charge in [-0.05, 0) is 24.3 Å². The van der Waals surface area contributed by atoms with Gasteiger partial charge in [0, 0.05) is 11.1 Å². The average Bonchev–Trinajstić information content (AvgIpc) is 2.11. The molecule has 1 rings (SSSR count). The summed E-state index contributed by atoms with van der Waals surface area (Å²) in [7, 11) is 0. The summed E-state index contributed by atoms with van der Waals surface area (Å²) in [5, 5.41) is 1.22. The number of halogens is 2. The van der Waals surface area contributed by atoms with Crippen LogP contribution in [0.4, 0.5) is 0 Å². The molecule has 0 radical (unpaired) electrons. The highest BCUT2D eigenvalue weighted by molar-refractivity contribution is 7.80. The number of rotatable bonds is 4. The first-order chi connectivity index (χ1) is 6.24. The van der Waals surface area contributed by atoms with E-state index in [0.717, 1.165) is 12.2 Å². The third kappa shape index (κ3) is 3.67. The Labute approximate surface area is 93.4 Å². The van der Waals surface area contributed by atoms with Crippen molar-refractivity contribution >= 4 is 35.8 Å². The predicted octanol–water partition coefficient (Wildman–Crippen LogP) is 3.69. The molecule has 0 aliphatic carbocycles. The van der Waals surface area contributed by atoms with Gasteiger partial charge in [-0.2, -0.15) is 12.6 Å². The molecule has 72 valence electrons. The molecular formula is C9H10Cl2OS. The number of benzene rings is 1. The van der Waals surface area contributed by atoms with Gasteiger partial charge < -0.3 is 4.74 Å². The van der Waals surface area contributed by atoms with Crippen molar-refractivity contribution in [1.82, 2.24) is 0 Å². The zero-order chi connectivity index (χ0) is 9.68. The largest absolute Gasteiger partial charge is 0.492 e. The molecule has 0 N–H and O–H groups in total. The fraction of sp³-hybridized carbons (Fsp3) is 0.333. The Morgan fingerprint density at radius 2 is 2.08 bits per heavy atom. The SMILES string of the molecule is SCCCOc1cc(Cl)ccc1Cl. The standard InChI is InChI=1S/C9H10Cl2OS/c10-7-2-3-8(11)9(6-7)12-4-1-5-13/h2-3,6,13H,1,4-5H2. The van der Waals surface area contributed by atoms with Crippen LogP contribution in [0.15, 0.2) is 18.2 Å². The molecule has 1 aromatic rings. The van der Waals surface area contributed by atoms with Crippen molar-refractivity contribution < 1.29 is 4.74 Å². The summed E-state index contributed by atoms with van der Waals surface area (Å²) < 4.78 is 5.39. The molecule has 0 fully saturated rings. The quantitative estimate of drug-likeness (QED) is 0.620. The minimum atomic E-state index is 0.587. The highest BCUT2D eigenvalue weighted by Gasteiger charge is 2.01. The van der Waals surface area contributed by atoms with Crippen LogP contribution in [0.5, 0.6) is 5.75 Å². The van der Waals surface area contributed by atoms with Crippen molar-refractivity contribution in [3.63, 3.8) is 0 Å². The van der Waals surface area contributed by atoms with Gasteiger partial charge in [0.15, 0.2) is 0 Å². The summed E-state index contributed by atoms with van der Waals surface area (Å²) in [4.78, 5) is 0. The lowest BCUT2D eigenvalue weighted by atomic mass is 10.3. The number of hydrogen-bond acceptors (Lipinski definition) is 2. The smallest absolute Gasteiger partial charge is 0.139 e. The van der Waals surface area contributed by atoms with E-state index in [4.69, 9.17) is 27.9 Å². The van der Waals surface area contributed by atoms with E-state index in [1.807, 2.05) is 0 Å². The summed E-state index contributed by atoms with van der Waals surface area (Å²) in [6.45, 7) is 0.615. The second-order valence-corrected chi connectivity index (χ2v) is 3.79. The average molecular weight is 237 g/mol. The summed E-state index contributed by atoms with van der Waals surface area (Å²) in [5.41, 5.74) is 0. The maximum absolute atomic E-state index is 5.87. The topological polar surface area (TPSA) is 9.23 Å². The Balaban J connectivity index is 2.59. The first kappa shape index (κ1) is 11.0. The lowest BCUT2D eigenvalue weighted by Gasteiger charge is -2.06. The highest BCUT2D eigenvalue weighted by atomic mass is 35.5. The van der Waals surface area contributed by atoms with Crippen LogP contribution in [0.3, 0.4) is 0 Å². The second kappa shape index (κ2) is 5.63.